The second-order valence-corrected chi connectivity index (χ2v) is 15.1. The molecule has 232 valence electrons. The van der Waals surface area contributed by atoms with Gasteiger partial charge in [-0.1, -0.05) is 73.8 Å². The van der Waals surface area contributed by atoms with Gasteiger partial charge in [-0.3, -0.25) is 5.32 Å². The molecule has 1 aromatic heterocycles. The van der Waals surface area contributed by atoms with Crippen LogP contribution in [0.15, 0.2) is 77.7 Å². The first-order chi connectivity index (χ1) is 20.8. The molecule has 0 saturated carbocycles. The molecular formula is C33H37Cl2N5O3S. The van der Waals surface area contributed by atoms with E-state index >= 15 is 0 Å². The number of rotatable bonds is 7. The quantitative estimate of drug-likeness (QED) is 0.211. The maximum Gasteiger partial charge on any atom is 0.324 e. The van der Waals surface area contributed by atoms with Gasteiger partial charge in [-0.15, -0.1) is 0 Å². The van der Waals surface area contributed by atoms with Crippen LogP contribution < -0.4 is 10.6 Å². The first kappa shape index (κ1) is 32.0. The first-order valence-corrected chi connectivity index (χ1v) is 16.8. The Kier molecular flexibility index (Phi) is 9.41. The number of piperidine rings is 1. The highest BCUT2D eigenvalue weighted by molar-refractivity contribution is 7.89. The number of nitrogens with zero attached hydrogens (tertiary/aromatic N) is 3. The number of hydrogen-bond donors (Lipinski definition) is 2. The van der Waals surface area contributed by atoms with Gasteiger partial charge in [0, 0.05) is 35.3 Å². The van der Waals surface area contributed by atoms with Crippen LogP contribution in [0.2, 0.25) is 10.0 Å². The van der Waals surface area contributed by atoms with E-state index < -0.39 is 10.0 Å². The molecule has 11 heteroatoms. The molecule has 0 spiro atoms. The third kappa shape index (κ3) is 7.46. The number of aromatic nitrogens is 2. The summed E-state index contributed by atoms with van der Waals surface area (Å²) in [5.41, 5.74) is 4.49. The molecule has 0 unspecified atom stereocenters. The fraction of sp³-hybridized carbons (Fsp3) is 0.333. The van der Waals surface area contributed by atoms with E-state index in [0.717, 1.165) is 41.8 Å². The molecular weight excluding hydrogens is 617 g/mol. The number of amides is 2. The second kappa shape index (κ2) is 12.9. The van der Waals surface area contributed by atoms with Crippen LogP contribution in [0, 0.1) is 12.8 Å². The second-order valence-electron chi connectivity index (χ2n) is 12.3. The van der Waals surface area contributed by atoms with Gasteiger partial charge < -0.3 is 5.32 Å². The summed E-state index contributed by atoms with van der Waals surface area (Å²) in [6.07, 6.45) is 2.31. The Morgan fingerprint density at radius 3 is 2.23 bits per heavy atom. The van der Waals surface area contributed by atoms with Crippen LogP contribution in [0.4, 0.5) is 16.3 Å². The molecule has 1 aliphatic rings. The van der Waals surface area contributed by atoms with Gasteiger partial charge in [0.25, 0.3) is 0 Å². The van der Waals surface area contributed by atoms with Crippen molar-refractivity contribution >= 4 is 50.8 Å². The van der Waals surface area contributed by atoms with Crippen molar-refractivity contribution in [3.05, 3.63) is 99.7 Å². The standard InChI is InChI=1S/C33H37Cl2N5O3S/c1-22-5-12-27(13-6-22)40-31(21-30(38-40)33(2,3)4)37-32(41)36-26-10-7-23(8-11-26)19-24-15-17-39(18-16-24)44(42,43)29-20-25(34)9-14-28(29)35/h5-14,20-21,24H,15-19H2,1-4H3,(H2,36,37,41). The largest absolute Gasteiger partial charge is 0.324 e. The summed E-state index contributed by atoms with van der Waals surface area (Å²) < 4.78 is 29.5. The molecule has 2 amide bonds. The summed E-state index contributed by atoms with van der Waals surface area (Å²) in [7, 11) is -3.71. The van der Waals surface area contributed by atoms with E-state index in [4.69, 9.17) is 28.3 Å². The monoisotopic (exact) mass is 653 g/mol. The van der Waals surface area contributed by atoms with Crippen molar-refractivity contribution in [1.29, 1.82) is 0 Å². The number of benzene rings is 3. The van der Waals surface area contributed by atoms with Crippen molar-refractivity contribution in [3.63, 3.8) is 0 Å². The zero-order chi connectivity index (χ0) is 31.6. The highest BCUT2D eigenvalue weighted by atomic mass is 35.5. The fourth-order valence-electron chi connectivity index (χ4n) is 5.22. The van der Waals surface area contributed by atoms with Gasteiger partial charge in [-0.25, -0.2) is 17.9 Å². The van der Waals surface area contributed by atoms with Crippen molar-refractivity contribution in [2.75, 3.05) is 23.7 Å². The zero-order valence-electron chi connectivity index (χ0n) is 25.3. The van der Waals surface area contributed by atoms with Gasteiger partial charge in [0.05, 0.1) is 16.4 Å². The average Bonchev–Trinajstić information content (AvgIpc) is 3.40. The molecule has 2 N–H and O–H groups in total. The highest BCUT2D eigenvalue weighted by Crippen LogP contribution is 2.32. The van der Waals surface area contributed by atoms with Gasteiger partial charge in [0.15, 0.2) is 0 Å². The van der Waals surface area contributed by atoms with Gasteiger partial charge in [-0.05, 0) is 80.1 Å². The highest BCUT2D eigenvalue weighted by Gasteiger charge is 2.31. The zero-order valence-corrected chi connectivity index (χ0v) is 27.6. The van der Waals surface area contributed by atoms with Crippen molar-refractivity contribution in [2.24, 2.45) is 5.92 Å². The lowest BCUT2D eigenvalue weighted by Crippen LogP contribution is -2.39. The van der Waals surface area contributed by atoms with Gasteiger partial charge in [0.2, 0.25) is 10.0 Å². The van der Waals surface area contributed by atoms with Crippen LogP contribution in [0.3, 0.4) is 0 Å². The third-order valence-corrected chi connectivity index (χ3v) is 10.4. The number of hydrogen-bond acceptors (Lipinski definition) is 4. The van der Waals surface area contributed by atoms with Crippen molar-refractivity contribution < 1.29 is 13.2 Å². The molecule has 1 fully saturated rings. The summed E-state index contributed by atoms with van der Waals surface area (Å²) in [5, 5.41) is 11.2. The van der Waals surface area contributed by atoms with Crippen LogP contribution in [0.25, 0.3) is 5.69 Å². The molecule has 4 aromatic rings. The smallest absolute Gasteiger partial charge is 0.308 e. The van der Waals surface area contributed by atoms with E-state index in [0.29, 0.717) is 35.5 Å². The van der Waals surface area contributed by atoms with Crippen LogP contribution in [-0.2, 0) is 21.9 Å². The summed E-state index contributed by atoms with van der Waals surface area (Å²) >= 11 is 12.2. The molecule has 5 rings (SSSR count). The fourth-order valence-corrected chi connectivity index (χ4v) is 7.43. The van der Waals surface area contributed by atoms with Crippen LogP contribution in [0.1, 0.15) is 50.4 Å². The number of anilines is 2. The van der Waals surface area contributed by atoms with E-state index in [1.165, 1.54) is 16.4 Å². The van der Waals surface area contributed by atoms with E-state index in [2.05, 4.69) is 31.4 Å². The van der Waals surface area contributed by atoms with E-state index in [9.17, 15) is 13.2 Å². The van der Waals surface area contributed by atoms with Gasteiger partial charge in [-0.2, -0.15) is 9.40 Å². The molecule has 0 atom stereocenters. The van der Waals surface area contributed by atoms with E-state index in [-0.39, 0.29) is 21.4 Å². The minimum absolute atomic E-state index is 0.0477. The molecule has 2 heterocycles. The summed E-state index contributed by atoms with van der Waals surface area (Å²) in [6.45, 7) is 9.13. The molecule has 1 aliphatic heterocycles. The SMILES string of the molecule is Cc1ccc(-n2nc(C(C)(C)C)cc2NC(=O)Nc2ccc(CC3CCN(S(=O)(=O)c4cc(Cl)ccc4Cl)CC3)cc2)cc1. The molecule has 44 heavy (non-hydrogen) atoms. The summed E-state index contributed by atoms with van der Waals surface area (Å²) in [5.74, 6) is 0.927. The number of sulfonamides is 1. The lowest BCUT2D eigenvalue weighted by atomic mass is 9.91. The van der Waals surface area contributed by atoms with Crippen molar-refractivity contribution in [1.82, 2.24) is 14.1 Å². The summed E-state index contributed by atoms with van der Waals surface area (Å²) in [6, 6.07) is 21.8. The van der Waals surface area contributed by atoms with Crippen molar-refractivity contribution in [3.8, 4) is 5.69 Å². The lowest BCUT2D eigenvalue weighted by molar-refractivity contribution is 0.262. The normalized spacial score (nSPS) is 14.9. The number of carbonyl (C=O) groups excluding carboxylic acids is 1. The first-order valence-electron chi connectivity index (χ1n) is 14.6. The maximum atomic E-state index is 13.2. The molecule has 8 nitrogen and oxygen atoms in total. The van der Waals surface area contributed by atoms with E-state index in [1.807, 2.05) is 61.5 Å². The van der Waals surface area contributed by atoms with Crippen LogP contribution in [0.5, 0.6) is 0 Å². The minimum atomic E-state index is -3.71. The Labute approximate surface area is 269 Å². The average molecular weight is 655 g/mol. The molecule has 0 radical (unpaired) electrons. The Morgan fingerprint density at radius 1 is 0.932 bits per heavy atom. The van der Waals surface area contributed by atoms with E-state index in [1.54, 1.807) is 10.7 Å². The topological polar surface area (TPSA) is 96.3 Å². The van der Waals surface area contributed by atoms with Gasteiger partial charge >= 0.3 is 6.03 Å². The van der Waals surface area contributed by atoms with Crippen LogP contribution >= 0.6 is 23.2 Å². The Bertz CT molecular complexity index is 1740. The minimum Gasteiger partial charge on any atom is -0.308 e. The molecule has 0 bridgehead atoms. The molecule has 1 saturated heterocycles. The lowest BCUT2D eigenvalue weighted by Gasteiger charge is -2.31. The van der Waals surface area contributed by atoms with Crippen LogP contribution in [-0.4, -0.2) is 41.6 Å². The number of nitrogens with one attached hydrogen (secondary N) is 2. The number of halogens is 2. The summed E-state index contributed by atoms with van der Waals surface area (Å²) in [4.78, 5) is 13.0. The predicted molar refractivity (Wildman–Crippen MR) is 178 cm³/mol. The molecule has 0 aliphatic carbocycles. The Morgan fingerprint density at radius 2 is 1.59 bits per heavy atom. The predicted octanol–water partition coefficient (Wildman–Crippen LogP) is 8.07. The third-order valence-electron chi connectivity index (χ3n) is 7.82. The maximum absolute atomic E-state index is 13.2. The number of aryl methyl sites for hydroxylation is 1. The van der Waals surface area contributed by atoms with Crippen molar-refractivity contribution in [2.45, 2.75) is 57.3 Å². The molecule has 3 aromatic carbocycles. The van der Waals surface area contributed by atoms with Gasteiger partial charge in [0.1, 0.15) is 10.7 Å². The number of carbonyl (C=O) groups is 1. The Hall–Kier alpha value is -3.37. The Balaban J connectivity index is 1.18. The number of urea groups is 1.